The van der Waals surface area contributed by atoms with Crippen molar-refractivity contribution in [2.24, 2.45) is 5.73 Å². The van der Waals surface area contributed by atoms with E-state index in [0.29, 0.717) is 0 Å². The molecule has 1 aromatic heterocycles. The second kappa shape index (κ2) is 2.79. The van der Waals surface area contributed by atoms with Gasteiger partial charge in [-0.25, -0.2) is 0 Å². The Morgan fingerprint density at radius 2 is 2.20 bits per heavy atom. The molecule has 0 radical (unpaired) electrons. The van der Waals surface area contributed by atoms with Crippen molar-refractivity contribution in [1.82, 2.24) is 15.4 Å². The summed E-state index contributed by atoms with van der Waals surface area (Å²) in [5, 5.41) is 9.96. The highest BCUT2D eigenvalue weighted by molar-refractivity contribution is 5.03. The summed E-state index contributed by atoms with van der Waals surface area (Å²) < 4.78 is 0. The molecular formula is C6H14N4. The molecule has 0 bridgehead atoms. The Morgan fingerprint density at radius 1 is 1.60 bits per heavy atom. The van der Waals surface area contributed by atoms with Gasteiger partial charge in [-0.15, -0.1) is 0 Å². The van der Waals surface area contributed by atoms with E-state index >= 15 is 0 Å². The minimum atomic E-state index is -0.382. The number of rotatable bonds is 1. The average molecular weight is 142 g/mol. The molecule has 0 aromatic carbocycles. The number of nitrogens with one attached hydrogen (secondary N) is 1. The summed E-state index contributed by atoms with van der Waals surface area (Å²) in [5.41, 5.74) is 6.08. The van der Waals surface area contributed by atoms with E-state index in [1.54, 1.807) is 6.20 Å². The van der Waals surface area contributed by atoms with Crippen molar-refractivity contribution >= 4 is 0 Å². The van der Waals surface area contributed by atoms with Gasteiger partial charge in [-0.2, -0.15) is 15.4 Å². The Balaban J connectivity index is 0.000000810. The number of nitrogens with zero attached hydrogens (tertiary/aromatic N) is 2. The van der Waals surface area contributed by atoms with Gasteiger partial charge in [0.15, 0.2) is 0 Å². The second-order valence-corrected chi connectivity index (χ2v) is 2.58. The van der Waals surface area contributed by atoms with Crippen molar-refractivity contribution in [3.8, 4) is 0 Å². The third-order valence-corrected chi connectivity index (χ3v) is 1.08. The van der Waals surface area contributed by atoms with Crippen molar-refractivity contribution in [2.75, 3.05) is 0 Å². The second-order valence-electron chi connectivity index (χ2n) is 2.58. The zero-order valence-corrected chi connectivity index (χ0v) is 5.55. The van der Waals surface area contributed by atoms with Crippen LogP contribution in [-0.4, -0.2) is 15.4 Å². The van der Waals surface area contributed by atoms with Gasteiger partial charge in [-0.1, -0.05) is 7.43 Å². The lowest BCUT2D eigenvalue weighted by molar-refractivity contribution is 0.533. The third-order valence-electron chi connectivity index (χ3n) is 1.08. The van der Waals surface area contributed by atoms with Crippen LogP contribution >= 0.6 is 0 Å². The first-order valence-electron chi connectivity index (χ1n) is 2.76. The smallest absolute Gasteiger partial charge is 0.102 e. The molecule has 1 heterocycles. The maximum atomic E-state index is 5.68. The highest BCUT2D eigenvalue weighted by Crippen LogP contribution is 2.10. The minimum absolute atomic E-state index is 0. The van der Waals surface area contributed by atoms with Crippen LogP contribution in [-0.2, 0) is 5.54 Å². The van der Waals surface area contributed by atoms with Gasteiger partial charge in [-0.3, -0.25) is 0 Å². The van der Waals surface area contributed by atoms with Crippen molar-refractivity contribution < 1.29 is 0 Å². The van der Waals surface area contributed by atoms with Gasteiger partial charge in [0, 0.05) is 0 Å². The van der Waals surface area contributed by atoms with Gasteiger partial charge < -0.3 is 5.73 Å². The van der Waals surface area contributed by atoms with E-state index in [-0.39, 0.29) is 13.0 Å². The predicted molar refractivity (Wildman–Crippen MR) is 40.3 cm³/mol. The van der Waals surface area contributed by atoms with Crippen molar-refractivity contribution in [2.45, 2.75) is 26.8 Å². The predicted octanol–water partition coefficient (Wildman–Crippen LogP) is 0.635. The highest BCUT2D eigenvalue weighted by Gasteiger charge is 2.15. The zero-order chi connectivity index (χ0) is 6.91. The fourth-order valence-corrected chi connectivity index (χ4v) is 0.512. The lowest BCUT2D eigenvalue weighted by Gasteiger charge is -2.12. The van der Waals surface area contributed by atoms with Crippen LogP contribution in [0.25, 0.3) is 0 Å². The number of aromatic nitrogens is 3. The Morgan fingerprint density at radius 3 is 2.40 bits per heavy atom. The molecule has 0 amide bonds. The Hall–Kier alpha value is -0.900. The Kier molecular flexibility index (Phi) is 2.54. The molecule has 1 aromatic rings. The van der Waals surface area contributed by atoms with E-state index in [1.165, 1.54) is 0 Å². The summed E-state index contributed by atoms with van der Waals surface area (Å²) >= 11 is 0. The van der Waals surface area contributed by atoms with Crippen molar-refractivity contribution in [3.63, 3.8) is 0 Å². The van der Waals surface area contributed by atoms with Crippen molar-refractivity contribution in [1.29, 1.82) is 0 Å². The molecule has 4 nitrogen and oxygen atoms in total. The average Bonchev–Trinajstić information content (AvgIpc) is 2.08. The van der Waals surface area contributed by atoms with Crippen LogP contribution in [0.4, 0.5) is 0 Å². The molecule has 10 heavy (non-hydrogen) atoms. The topological polar surface area (TPSA) is 67.6 Å². The van der Waals surface area contributed by atoms with E-state index in [0.717, 1.165) is 5.69 Å². The van der Waals surface area contributed by atoms with Crippen LogP contribution in [0.15, 0.2) is 6.20 Å². The van der Waals surface area contributed by atoms with Gasteiger partial charge in [0.1, 0.15) is 5.69 Å². The molecule has 0 aliphatic heterocycles. The lowest BCUT2D eigenvalue weighted by Crippen LogP contribution is -2.29. The normalized spacial score (nSPS) is 10.7. The number of hydrogen-bond donors (Lipinski definition) is 2. The molecule has 0 fully saturated rings. The van der Waals surface area contributed by atoms with E-state index in [9.17, 15) is 0 Å². The summed E-state index contributed by atoms with van der Waals surface area (Å²) in [6.45, 7) is 3.76. The molecule has 0 spiro atoms. The molecule has 4 heteroatoms. The Bertz CT molecular complexity index is 172. The third kappa shape index (κ3) is 1.80. The van der Waals surface area contributed by atoms with E-state index < -0.39 is 0 Å². The molecule has 0 saturated heterocycles. The quantitative estimate of drug-likeness (QED) is 0.604. The number of nitrogens with two attached hydrogens (primary N) is 1. The van der Waals surface area contributed by atoms with Gasteiger partial charge in [-0.05, 0) is 13.8 Å². The molecule has 0 atom stereocenters. The van der Waals surface area contributed by atoms with Crippen LogP contribution in [0.5, 0.6) is 0 Å². The van der Waals surface area contributed by atoms with Gasteiger partial charge in [0.05, 0.1) is 11.7 Å². The van der Waals surface area contributed by atoms with Gasteiger partial charge in [0.25, 0.3) is 0 Å². The first-order chi connectivity index (χ1) is 4.11. The van der Waals surface area contributed by atoms with Crippen LogP contribution < -0.4 is 5.73 Å². The highest BCUT2D eigenvalue weighted by atomic mass is 15.3. The number of H-pyrrole nitrogens is 1. The van der Waals surface area contributed by atoms with E-state index in [1.807, 2.05) is 13.8 Å². The molecule has 58 valence electrons. The van der Waals surface area contributed by atoms with E-state index in [4.69, 9.17) is 5.73 Å². The number of aromatic amines is 1. The summed E-state index contributed by atoms with van der Waals surface area (Å²) in [5.74, 6) is 0. The van der Waals surface area contributed by atoms with Crippen LogP contribution in [0.1, 0.15) is 27.0 Å². The zero-order valence-electron chi connectivity index (χ0n) is 5.55. The molecule has 0 aliphatic carbocycles. The van der Waals surface area contributed by atoms with Crippen LogP contribution in [0, 0.1) is 0 Å². The summed E-state index contributed by atoms with van der Waals surface area (Å²) in [7, 11) is 0. The fraction of sp³-hybridized carbons (Fsp3) is 0.667. The SMILES string of the molecule is C.CC(C)(N)c1cn[nH]n1. The molecule has 0 saturated carbocycles. The summed E-state index contributed by atoms with van der Waals surface area (Å²) in [6.07, 6.45) is 1.62. The molecule has 3 N–H and O–H groups in total. The summed E-state index contributed by atoms with van der Waals surface area (Å²) in [6, 6.07) is 0. The maximum absolute atomic E-state index is 5.68. The van der Waals surface area contributed by atoms with Crippen molar-refractivity contribution in [3.05, 3.63) is 11.9 Å². The minimum Gasteiger partial charge on any atom is -0.320 e. The largest absolute Gasteiger partial charge is 0.320 e. The number of hydrogen-bond acceptors (Lipinski definition) is 3. The maximum Gasteiger partial charge on any atom is 0.102 e. The summed E-state index contributed by atoms with van der Waals surface area (Å²) in [4.78, 5) is 0. The van der Waals surface area contributed by atoms with Gasteiger partial charge in [0.2, 0.25) is 0 Å². The molecule has 0 unspecified atom stereocenters. The van der Waals surface area contributed by atoms with Gasteiger partial charge >= 0.3 is 0 Å². The monoisotopic (exact) mass is 142 g/mol. The standard InChI is InChI=1S/C5H10N4.CH4/c1-5(2,6)4-3-7-9-8-4;/h3H,6H2,1-2H3,(H,7,8,9);1H4. The first-order valence-corrected chi connectivity index (χ1v) is 2.76. The molecule has 1 rings (SSSR count). The van der Waals surface area contributed by atoms with Crippen LogP contribution in [0.3, 0.4) is 0 Å². The fourth-order valence-electron chi connectivity index (χ4n) is 0.512. The molecular weight excluding hydrogens is 128 g/mol. The Labute approximate surface area is 60.8 Å². The van der Waals surface area contributed by atoms with E-state index in [2.05, 4.69) is 15.4 Å². The lowest BCUT2D eigenvalue weighted by atomic mass is 10.0. The first kappa shape index (κ1) is 9.10. The molecule has 0 aliphatic rings. The van der Waals surface area contributed by atoms with Crippen LogP contribution in [0.2, 0.25) is 0 Å².